The number of pyridine rings is 1. The second-order valence-electron chi connectivity index (χ2n) is 4.98. The number of fused-ring (bicyclic) bond motifs is 1. The molecule has 1 atom stereocenters. The van der Waals surface area contributed by atoms with Crippen LogP contribution in [-0.2, 0) is 0 Å². The van der Waals surface area contributed by atoms with Crippen LogP contribution in [0.2, 0.25) is 0 Å². The molecule has 0 radical (unpaired) electrons. The molecule has 1 aliphatic carbocycles. The van der Waals surface area contributed by atoms with E-state index in [1.54, 1.807) is 6.07 Å². The van der Waals surface area contributed by atoms with Gasteiger partial charge in [0.1, 0.15) is 0 Å². The highest BCUT2D eigenvalue weighted by Crippen LogP contribution is 2.32. The largest absolute Gasteiger partial charge is 0.367 e. The molecule has 1 aromatic rings. The molecule has 0 amide bonds. The van der Waals surface area contributed by atoms with E-state index in [2.05, 4.69) is 15.3 Å². The summed E-state index contributed by atoms with van der Waals surface area (Å²) in [4.78, 5) is 8.03. The van der Waals surface area contributed by atoms with Crippen LogP contribution in [0.1, 0.15) is 18.9 Å². The minimum atomic E-state index is -1.18. The Labute approximate surface area is 122 Å². The van der Waals surface area contributed by atoms with Crippen molar-refractivity contribution in [1.82, 2.24) is 10.3 Å². The van der Waals surface area contributed by atoms with Crippen LogP contribution in [0.15, 0.2) is 53.2 Å². The smallest absolute Gasteiger partial charge is 0.212 e. The Bertz CT molecular complexity index is 673. The summed E-state index contributed by atoms with van der Waals surface area (Å²) in [6.45, 7) is 2.61. The van der Waals surface area contributed by atoms with E-state index in [0.717, 1.165) is 16.8 Å². The third-order valence-electron chi connectivity index (χ3n) is 3.54. The van der Waals surface area contributed by atoms with E-state index in [4.69, 9.17) is 0 Å². The Morgan fingerprint density at radius 3 is 3.00 bits per heavy atom. The molecule has 0 fully saturated rings. The molecule has 2 N–H and O–H groups in total. The molecule has 21 heavy (non-hydrogen) atoms. The summed E-state index contributed by atoms with van der Waals surface area (Å²) in [5, 5.41) is 13.9. The number of aliphatic hydroxyl groups is 1. The summed E-state index contributed by atoms with van der Waals surface area (Å²) >= 11 is 0. The van der Waals surface area contributed by atoms with Gasteiger partial charge in [-0.3, -0.25) is 4.99 Å². The van der Waals surface area contributed by atoms with Crippen molar-refractivity contribution in [2.45, 2.75) is 19.1 Å². The van der Waals surface area contributed by atoms with Gasteiger partial charge in [-0.15, -0.1) is 0 Å². The van der Waals surface area contributed by atoms with Crippen LogP contribution in [0.5, 0.6) is 0 Å². The van der Waals surface area contributed by atoms with E-state index in [1.165, 1.54) is 12.3 Å². The first-order valence-corrected chi connectivity index (χ1v) is 6.89. The lowest BCUT2D eigenvalue weighted by Gasteiger charge is -2.37. The molecule has 108 valence electrons. The molecule has 0 spiro atoms. The first-order valence-electron chi connectivity index (χ1n) is 6.89. The highest BCUT2D eigenvalue weighted by atomic mass is 19.1. The van der Waals surface area contributed by atoms with Gasteiger partial charge in [-0.2, -0.15) is 4.39 Å². The van der Waals surface area contributed by atoms with Gasteiger partial charge in [0.25, 0.3) is 0 Å². The summed E-state index contributed by atoms with van der Waals surface area (Å²) in [7, 11) is 0. The van der Waals surface area contributed by atoms with Gasteiger partial charge in [-0.05, 0) is 37.3 Å². The molecule has 2 aliphatic rings. The maximum atomic E-state index is 12.9. The summed E-state index contributed by atoms with van der Waals surface area (Å²) in [5.41, 5.74) is 1.79. The molecule has 1 unspecified atom stereocenters. The molecule has 5 heteroatoms. The van der Waals surface area contributed by atoms with Gasteiger partial charge >= 0.3 is 0 Å². The topological polar surface area (TPSA) is 57.5 Å². The zero-order valence-corrected chi connectivity index (χ0v) is 11.7. The van der Waals surface area contributed by atoms with Crippen molar-refractivity contribution >= 4 is 11.4 Å². The monoisotopic (exact) mass is 285 g/mol. The second kappa shape index (κ2) is 5.26. The van der Waals surface area contributed by atoms with Crippen molar-refractivity contribution in [2.75, 3.05) is 6.54 Å². The van der Waals surface area contributed by atoms with E-state index in [-0.39, 0.29) is 0 Å². The van der Waals surface area contributed by atoms with Crippen LogP contribution in [0.4, 0.5) is 4.39 Å². The molecule has 2 heterocycles. The molecule has 0 bridgehead atoms. The van der Waals surface area contributed by atoms with Gasteiger partial charge in [0.15, 0.2) is 5.72 Å². The van der Waals surface area contributed by atoms with Crippen LogP contribution in [0.25, 0.3) is 5.70 Å². The first-order chi connectivity index (χ1) is 10.1. The number of halogens is 1. The van der Waals surface area contributed by atoms with Gasteiger partial charge in [0.05, 0.1) is 5.71 Å². The fraction of sp³-hybridized carbons (Fsp3) is 0.250. The maximum absolute atomic E-state index is 12.9. The fourth-order valence-corrected chi connectivity index (χ4v) is 2.54. The Morgan fingerprint density at radius 1 is 1.43 bits per heavy atom. The SMILES string of the molecule is CCN=C1C=CCC2(O)NC(c3ccc(F)nc3)=CC=C12. The molecular formula is C16H16FN3O. The quantitative estimate of drug-likeness (QED) is 0.819. The van der Waals surface area contributed by atoms with Gasteiger partial charge < -0.3 is 10.4 Å². The number of aromatic nitrogens is 1. The number of nitrogens with zero attached hydrogens (tertiary/aromatic N) is 2. The van der Waals surface area contributed by atoms with Crippen LogP contribution in [0.3, 0.4) is 0 Å². The Hall–Kier alpha value is -2.27. The first kappa shape index (κ1) is 13.7. The van der Waals surface area contributed by atoms with E-state index in [1.807, 2.05) is 31.2 Å². The predicted octanol–water partition coefficient (Wildman–Crippen LogP) is 2.20. The van der Waals surface area contributed by atoms with Crippen molar-refractivity contribution in [2.24, 2.45) is 4.99 Å². The normalized spacial score (nSPS) is 26.0. The van der Waals surface area contributed by atoms with E-state index < -0.39 is 11.7 Å². The van der Waals surface area contributed by atoms with Crippen LogP contribution in [0, 0.1) is 5.95 Å². The van der Waals surface area contributed by atoms with Crippen molar-refractivity contribution in [3.8, 4) is 0 Å². The van der Waals surface area contributed by atoms with Gasteiger partial charge in [0, 0.05) is 36.0 Å². The predicted molar refractivity (Wildman–Crippen MR) is 80.1 cm³/mol. The number of dihydropyridines is 1. The number of nitrogens with one attached hydrogen (secondary N) is 1. The lowest BCUT2D eigenvalue weighted by molar-refractivity contribution is 0.0665. The van der Waals surface area contributed by atoms with Crippen molar-refractivity contribution in [1.29, 1.82) is 0 Å². The van der Waals surface area contributed by atoms with Gasteiger partial charge in [-0.1, -0.05) is 6.08 Å². The van der Waals surface area contributed by atoms with Crippen LogP contribution in [-0.4, -0.2) is 28.1 Å². The minimum Gasteiger partial charge on any atom is -0.367 e. The van der Waals surface area contributed by atoms with Crippen LogP contribution >= 0.6 is 0 Å². The minimum absolute atomic E-state index is 0.452. The molecule has 3 rings (SSSR count). The third kappa shape index (κ3) is 2.52. The molecule has 1 aliphatic heterocycles. The van der Waals surface area contributed by atoms with Gasteiger partial charge in [-0.25, -0.2) is 4.98 Å². The molecule has 0 aromatic carbocycles. The summed E-state index contributed by atoms with van der Waals surface area (Å²) in [5.74, 6) is -0.525. The number of rotatable bonds is 2. The highest BCUT2D eigenvalue weighted by molar-refractivity contribution is 6.11. The maximum Gasteiger partial charge on any atom is 0.212 e. The number of aliphatic imine (C=N–C) groups is 1. The van der Waals surface area contributed by atoms with Gasteiger partial charge in [0.2, 0.25) is 5.95 Å². The standard InChI is InChI=1S/C16H16FN3O/c1-2-18-14-4-3-9-16(21)12(14)6-7-13(20-16)11-5-8-15(17)19-10-11/h3-8,10,20-21H,2,9H2,1H3. The van der Waals surface area contributed by atoms with E-state index in [0.29, 0.717) is 18.7 Å². The lowest BCUT2D eigenvalue weighted by Crippen LogP contribution is -2.50. The average molecular weight is 285 g/mol. The summed E-state index contributed by atoms with van der Waals surface area (Å²) in [6.07, 6.45) is 9.41. The second-order valence-corrected chi connectivity index (χ2v) is 4.98. The fourth-order valence-electron chi connectivity index (χ4n) is 2.54. The molecular weight excluding hydrogens is 269 g/mol. The Balaban J connectivity index is 1.99. The van der Waals surface area contributed by atoms with E-state index >= 15 is 0 Å². The Kier molecular flexibility index (Phi) is 3.43. The van der Waals surface area contributed by atoms with Crippen molar-refractivity contribution in [3.05, 3.63) is 59.7 Å². The summed E-state index contributed by atoms with van der Waals surface area (Å²) in [6, 6.07) is 2.93. The van der Waals surface area contributed by atoms with Crippen molar-refractivity contribution in [3.63, 3.8) is 0 Å². The summed E-state index contributed by atoms with van der Waals surface area (Å²) < 4.78 is 12.9. The van der Waals surface area contributed by atoms with E-state index in [9.17, 15) is 9.50 Å². The zero-order chi connectivity index (χ0) is 14.9. The zero-order valence-electron chi connectivity index (χ0n) is 11.7. The number of allylic oxidation sites excluding steroid dienone is 3. The lowest BCUT2D eigenvalue weighted by atomic mass is 9.86. The third-order valence-corrected chi connectivity index (χ3v) is 3.54. The molecule has 4 nitrogen and oxygen atoms in total. The van der Waals surface area contributed by atoms with Crippen molar-refractivity contribution < 1.29 is 9.50 Å². The molecule has 0 saturated carbocycles. The number of hydrogen-bond acceptors (Lipinski definition) is 4. The molecule has 0 saturated heterocycles. The average Bonchev–Trinajstić information content (AvgIpc) is 2.47. The van der Waals surface area contributed by atoms with Crippen LogP contribution < -0.4 is 5.32 Å². The molecule has 1 aromatic heterocycles. The Morgan fingerprint density at radius 2 is 2.29 bits per heavy atom. The number of hydrogen-bond donors (Lipinski definition) is 2. The highest BCUT2D eigenvalue weighted by Gasteiger charge is 2.37.